The lowest BCUT2D eigenvalue weighted by molar-refractivity contribution is -0.102. The number of phenolic OH excluding ortho intramolecular Hbond substituents is 1. The zero-order valence-electron chi connectivity index (χ0n) is 20.1. The fraction of sp³-hybridized carbons (Fsp3) is 0.586. The van der Waals surface area contributed by atoms with Crippen LogP contribution in [-0.4, -0.2) is 57.5 Å². The third-order valence-electron chi connectivity index (χ3n) is 11.1. The molecule has 1 aromatic heterocycles. The van der Waals surface area contributed by atoms with Crippen LogP contribution in [0.2, 0.25) is 0 Å². The van der Waals surface area contributed by atoms with E-state index in [4.69, 9.17) is 0 Å². The molecule has 35 heavy (non-hydrogen) atoms. The van der Waals surface area contributed by atoms with Crippen LogP contribution < -0.4 is 5.56 Å². The molecule has 2 saturated heterocycles. The standard InChI is InChI=1S/C29H33N3O3/c33-20-6-5-18-12-24-28-8-7-23-25(29(28,22(18)13-20)9-11-31(24)15-17-3-4-17)19(14-28)16-32(23)27(35)21-2-1-10-30-26(21)34/h1-2,5-6,10,13,17,19,23-25,33H,3-4,7-9,11-12,14-16H2,(H,30,34)/t19-,23-,24-,25?,28-,29+/m1/s1. The Balaban J connectivity index is 1.25. The van der Waals surface area contributed by atoms with Gasteiger partial charge in [0.2, 0.25) is 0 Å². The van der Waals surface area contributed by atoms with Crippen molar-refractivity contribution >= 4 is 5.91 Å². The Labute approximate surface area is 205 Å². The van der Waals surface area contributed by atoms with E-state index in [0.29, 0.717) is 23.6 Å². The highest BCUT2D eigenvalue weighted by Gasteiger charge is 2.76. The quantitative estimate of drug-likeness (QED) is 0.720. The molecule has 8 rings (SSSR count). The summed E-state index contributed by atoms with van der Waals surface area (Å²) in [6.07, 6.45) is 9.91. The third kappa shape index (κ3) is 2.49. The summed E-state index contributed by atoms with van der Waals surface area (Å²) in [6, 6.07) is 10.3. The lowest BCUT2D eigenvalue weighted by Crippen LogP contribution is -2.70. The predicted octanol–water partition coefficient (Wildman–Crippen LogP) is 3.30. The number of aromatic nitrogens is 1. The summed E-state index contributed by atoms with van der Waals surface area (Å²) in [4.78, 5) is 33.7. The number of hydrogen-bond acceptors (Lipinski definition) is 4. The molecule has 2 aromatic rings. The second-order valence-corrected chi connectivity index (χ2v) is 12.3. The van der Waals surface area contributed by atoms with Gasteiger partial charge in [0.15, 0.2) is 0 Å². The van der Waals surface area contributed by atoms with Crippen LogP contribution in [-0.2, 0) is 11.8 Å². The van der Waals surface area contributed by atoms with Gasteiger partial charge in [0.05, 0.1) is 0 Å². The highest BCUT2D eigenvalue weighted by molar-refractivity contribution is 5.94. The smallest absolute Gasteiger partial charge is 0.260 e. The first-order chi connectivity index (χ1) is 17.0. The van der Waals surface area contributed by atoms with Gasteiger partial charge < -0.3 is 15.0 Å². The van der Waals surface area contributed by atoms with Crippen LogP contribution in [0.4, 0.5) is 0 Å². The Kier molecular flexibility index (Phi) is 3.99. The first-order valence-corrected chi connectivity index (χ1v) is 13.6. The Hall–Kier alpha value is -2.60. The van der Waals surface area contributed by atoms with Crippen molar-refractivity contribution in [3.63, 3.8) is 0 Å². The number of rotatable bonds is 3. The van der Waals surface area contributed by atoms with Crippen LogP contribution in [0.25, 0.3) is 0 Å². The van der Waals surface area contributed by atoms with E-state index in [1.165, 1.54) is 36.9 Å². The summed E-state index contributed by atoms with van der Waals surface area (Å²) in [7, 11) is 0. The van der Waals surface area contributed by atoms with E-state index in [0.717, 1.165) is 44.7 Å². The number of aromatic amines is 1. The molecule has 4 aliphatic carbocycles. The molecule has 2 N–H and O–H groups in total. The van der Waals surface area contributed by atoms with Crippen molar-refractivity contribution in [2.24, 2.45) is 23.2 Å². The normalized spacial score (nSPS) is 38.8. The first-order valence-electron chi connectivity index (χ1n) is 13.6. The van der Waals surface area contributed by atoms with Crippen LogP contribution in [0.5, 0.6) is 5.75 Å². The minimum atomic E-state index is -0.292. The van der Waals surface area contributed by atoms with Crippen LogP contribution in [0, 0.1) is 23.2 Å². The Morgan fingerprint density at radius 2 is 2.06 bits per heavy atom. The maximum atomic E-state index is 13.7. The fourth-order valence-electron chi connectivity index (χ4n) is 9.92. The number of amides is 1. The first kappa shape index (κ1) is 20.6. The molecule has 6 aliphatic rings. The molecule has 1 unspecified atom stereocenters. The Morgan fingerprint density at radius 1 is 1.17 bits per heavy atom. The monoisotopic (exact) mass is 471 g/mol. The molecular formula is C29H33N3O3. The number of aromatic hydroxyl groups is 1. The van der Waals surface area contributed by atoms with E-state index in [-0.39, 0.29) is 33.9 Å². The maximum absolute atomic E-state index is 13.7. The third-order valence-corrected chi connectivity index (χ3v) is 11.1. The molecule has 182 valence electrons. The summed E-state index contributed by atoms with van der Waals surface area (Å²) in [5, 5.41) is 10.6. The summed E-state index contributed by atoms with van der Waals surface area (Å²) in [6.45, 7) is 3.13. The summed E-state index contributed by atoms with van der Waals surface area (Å²) in [5.41, 5.74) is 3.03. The van der Waals surface area contributed by atoms with Gasteiger partial charge >= 0.3 is 0 Å². The number of pyridine rings is 1. The van der Waals surface area contributed by atoms with Crippen molar-refractivity contribution in [2.75, 3.05) is 19.6 Å². The van der Waals surface area contributed by atoms with E-state index in [1.807, 2.05) is 6.07 Å². The lowest BCUT2D eigenvalue weighted by atomic mass is 9.43. The largest absolute Gasteiger partial charge is 0.508 e. The molecule has 6 heteroatoms. The SMILES string of the molecule is O=C(c1ccc[nH]c1=O)N1C[C@H]2C[C@@]34CC[C@@H]1C2[C@@]31CCN(CC2CC2)[C@@H]4Cc2ccc(O)cc21. The molecule has 6 atom stereocenters. The van der Waals surface area contributed by atoms with Gasteiger partial charge in [-0.2, -0.15) is 0 Å². The number of benzene rings is 1. The number of nitrogens with zero attached hydrogens (tertiary/aromatic N) is 2. The second-order valence-electron chi connectivity index (χ2n) is 12.3. The van der Waals surface area contributed by atoms with Crippen molar-refractivity contribution in [3.8, 4) is 5.75 Å². The topological polar surface area (TPSA) is 76.6 Å². The minimum Gasteiger partial charge on any atom is -0.508 e. The number of likely N-dealkylation sites (tertiary alicyclic amines) is 2. The molecule has 6 nitrogen and oxygen atoms in total. The molecule has 3 heterocycles. The van der Waals surface area contributed by atoms with Gasteiger partial charge in [0, 0.05) is 36.8 Å². The molecule has 2 aliphatic heterocycles. The van der Waals surface area contributed by atoms with Crippen molar-refractivity contribution < 1.29 is 9.90 Å². The lowest BCUT2D eigenvalue weighted by Gasteiger charge is -2.66. The molecule has 1 aromatic carbocycles. The number of carbonyl (C=O) groups is 1. The van der Waals surface area contributed by atoms with Crippen LogP contribution in [0.3, 0.4) is 0 Å². The molecular weight excluding hydrogens is 438 g/mol. The Bertz CT molecular complexity index is 1300. The molecule has 1 amide bonds. The summed E-state index contributed by atoms with van der Waals surface area (Å²) in [5.74, 6) is 2.02. The molecule has 0 radical (unpaired) electrons. The fourth-order valence-corrected chi connectivity index (χ4v) is 9.92. The van der Waals surface area contributed by atoms with Crippen LogP contribution in [0.15, 0.2) is 41.3 Å². The molecule has 0 spiro atoms. The highest BCUT2D eigenvalue weighted by Crippen LogP contribution is 2.75. The van der Waals surface area contributed by atoms with Crippen LogP contribution in [0.1, 0.15) is 60.0 Å². The number of H-pyrrole nitrogens is 1. The van der Waals surface area contributed by atoms with Gasteiger partial charge in [-0.25, -0.2) is 0 Å². The van der Waals surface area contributed by atoms with Crippen molar-refractivity contribution in [2.45, 2.75) is 62.4 Å². The number of nitrogens with one attached hydrogen (secondary N) is 1. The minimum absolute atomic E-state index is 0.0236. The second kappa shape index (κ2) is 6.78. The summed E-state index contributed by atoms with van der Waals surface area (Å²) >= 11 is 0. The van der Waals surface area contributed by atoms with Crippen molar-refractivity contribution in [1.29, 1.82) is 0 Å². The van der Waals surface area contributed by atoms with Gasteiger partial charge in [0.25, 0.3) is 11.5 Å². The number of hydrogen-bond donors (Lipinski definition) is 2. The number of fused-ring (bicyclic) bond motifs is 1. The average Bonchev–Trinajstić information content (AvgIpc) is 3.54. The Morgan fingerprint density at radius 3 is 2.89 bits per heavy atom. The van der Waals surface area contributed by atoms with Gasteiger partial charge in [0.1, 0.15) is 11.3 Å². The van der Waals surface area contributed by atoms with Gasteiger partial charge in [-0.1, -0.05) is 6.07 Å². The highest BCUT2D eigenvalue weighted by atomic mass is 16.3. The van der Waals surface area contributed by atoms with Gasteiger partial charge in [-0.05, 0) is 110 Å². The van der Waals surface area contributed by atoms with E-state index in [9.17, 15) is 14.7 Å². The maximum Gasteiger partial charge on any atom is 0.260 e. The molecule has 5 fully saturated rings. The molecule has 3 saturated carbocycles. The van der Waals surface area contributed by atoms with Gasteiger partial charge in [-0.3, -0.25) is 14.5 Å². The van der Waals surface area contributed by atoms with Gasteiger partial charge in [-0.15, -0.1) is 0 Å². The van der Waals surface area contributed by atoms with E-state index in [2.05, 4.69) is 26.9 Å². The van der Waals surface area contributed by atoms with Crippen molar-refractivity contribution in [3.05, 3.63) is 63.6 Å². The molecule has 4 bridgehead atoms. The zero-order chi connectivity index (χ0) is 23.5. The number of phenols is 1. The predicted molar refractivity (Wildman–Crippen MR) is 131 cm³/mol. The average molecular weight is 472 g/mol. The number of piperidine rings is 1. The number of carbonyl (C=O) groups excluding carboxylic acids is 1. The van der Waals surface area contributed by atoms with E-state index >= 15 is 0 Å². The summed E-state index contributed by atoms with van der Waals surface area (Å²) < 4.78 is 0. The zero-order valence-corrected chi connectivity index (χ0v) is 20.1. The van der Waals surface area contributed by atoms with E-state index < -0.39 is 0 Å². The van der Waals surface area contributed by atoms with E-state index in [1.54, 1.807) is 18.3 Å². The van der Waals surface area contributed by atoms with Crippen molar-refractivity contribution in [1.82, 2.24) is 14.8 Å². The van der Waals surface area contributed by atoms with Crippen LogP contribution >= 0.6 is 0 Å².